The van der Waals surface area contributed by atoms with E-state index in [1.54, 1.807) is 17.2 Å². The lowest BCUT2D eigenvalue weighted by Crippen LogP contribution is -2.38. The zero-order valence-electron chi connectivity index (χ0n) is 27.2. The fraction of sp³-hybridized carbons (Fsp3) is 0.429. The molecule has 0 aliphatic carbocycles. The Labute approximate surface area is 277 Å². The fourth-order valence-electron chi connectivity index (χ4n) is 7.47. The summed E-state index contributed by atoms with van der Waals surface area (Å²) in [4.78, 5) is 27.1. The first kappa shape index (κ1) is 31.6. The number of aryl methyl sites for hydroxylation is 1. The summed E-state index contributed by atoms with van der Waals surface area (Å²) in [5.41, 5.74) is 2.90. The predicted octanol–water partition coefficient (Wildman–Crippen LogP) is 5.43. The van der Waals surface area contributed by atoms with Gasteiger partial charge in [0.2, 0.25) is 11.8 Å². The average molecular weight is 654 g/mol. The molecule has 11 nitrogen and oxygen atoms in total. The molecule has 7 rings (SSSR count). The molecular weight excluding hydrogens is 616 g/mol. The van der Waals surface area contributed by atoms with Crippen molar-refractivity contribution >= 4 is 39.7 Å². The van der Waals surface area contributed by atoms with Gasteiger partial charge in [0.05, 0.1) is 12.1 Å². The van der Waals surface area contributed by atoms with E-state index in [0.717, 1.165) is 24.9 Å². The van der Waals surface area contributed by atoms with Crippen LogP contribution >= 0.6 is 0 Å². The van der Waals surface area contributed by atoms with Crippen molar-refractivity contribution in [1.29, 1.82) is 5.26 Å². The number of alkyl halides is 1. The molecule has 2 fully saturated rings. The second-order valence-electron chi connectivity index (χ2n) is 12.8. The van der Waals surface area contributed by atoms with Gasteiger partial charge in [-0.1, -0.05) is 17.4 Å². The first-order valence-corrected chi connectivity index (χ1v) is 16.4. The molecule has 3 aliphatic rings. The number of benzene rings is 1. The number of carbonyl (C=O) groups excluding carboxylic acids is 1. The largest absolute Gasteiger partial charge is 0.471 e. The van der Waals surface area contributed by atoms with Crippen molar-refractivity contribution in [2.45, 2.75) is 63.8 Å². The van der Waals surface area contributed by atoms with Gasteiger partial charge < -0.3 is 9.64 Å². The topological polar surface area (TPSA) is 116 Å². The van der Waals surface area contributed by atoms with Gasteiger partial charge in [-0.3, -0.25) is 14.6 Å². The molecule has 48 heavy (non-hydrogen) atoms. The van der Waals surface area contributed by atoms with E-state index in [1.165, 1.54) is 17.1 Å². The smallest absolute Gasteiger partial charge is 0.246 e. The number of allylic oxidation sites excluding steroid dienone is 1. The van der Waals surface area contributed by atoms with E-state index in [4.69, 9.17) is 9.72 Å². The molecule has 2 saturated heterocycles. The SMILES string of the molecule is Cc1cc2c(nc(O[C@@H](C)[C@@H]3CCCN3C)c3nnn(C4CCN(C(=O)/C=C/CF)CC4)c32)c(F)c1C1C=Cc2cccnc2N1C#N. The van der Waals surface area contributed by atoms with Gasteiger partial charge in [-0.05, 0) is 83.0 Å². The van der Waals surface area contributed by atoms with Gasteiger partial charge in [-0.25, -0.2) is 23.4 Å². The average Bonchev–Trinajstić information content (AvgIpc) is 3.75. The summed E-state index contributed by atoms with van der Waals surface area (Å²) < 4.78 is 38.0. The fourth-order valence-corrected chi connectivity index (χ4v) is 7.47. The van der Waals surface area contributed by atoms with Gasteiger partial charge in [0.1, 0.15) is 29.6 Å². The number of likely N-dealkylation sites (tertiary alicyclic amines) is 2. The third-order valence-corrected chi connectivity index (χ3v) is 9.92. The summed E-state index contributed by atoms with van der Waals surface area (Å²) in [7, 11) is 2.07. The molecule has 13 heteroatoms. The van der Waals surface area contributed by atoms with Crippen molar-refractivity contribution in [2.75, 3.05) is 38.3 Å². The molecule has 1 amide bonds. The number of ether oxygens (including phenoxy) is 1. The number of anilines is 1. The van der Waals surface area contributed by atoms with Gasteiger partial charge in [0.25, 0.3) is 0 Å². The highest BCUT2D eigenvalue weighted by Gasteiger charge is 2.34. The van der Waals surface area contributed by atoms with Crippen LogP contribution in [0.4, 0.5) is 14.6 Å². The number of fused-ring (bicyclic) bond motifs is 4. The molecule has 0 bridgehead atoms. The minimum atomic E-state index is -0.730. The van der Waals surface area contributed by atoms with Crippen LogP contribution in [-0.2, 0) is 4.79 Å². The Kier molecular flexibility index (Phi) is 8.51. The molecular formula is C35H37F2N9O2. The number of nitrogens with zero attached hydrogens (tertiary/aromatic N) is 9. The maximum absolute atomic E-state index is 17.1. The van der Waals surface area contributed by atoms with E-state index in [-0.39, 0.29) is 35.5 Å². The van der Waals surface area contributed by atoms with E-state index >= 15 is 4.39 Å². The lowest BCUT2D eigenvalue weighted by atomic mass is 9.93. The molecule has 3 aromatic heterocycles. The van der Waals surface area contributed by atoms with Crippen LogP contribution in [0.5, 0.6) is 5.88 Å². The molecule has 3 atom stereocenters. The number of hydrogen-bond donors (Lipinski definition) is 0. The maximum Gasteiger partial charge on any atom is 0.246 e. The molecule has 0 spiro atoms. The monoisotopic (exact) mass is 653 g/mol. The minimum Gasteiger partial charge on any atom is -0.471 e. The van der Waals surface area contributed by atoms with Crippen LogP contribution in [0.3, 0.4) is 0 Å². The number of aromatic nitrogens is 5. The van der Waals surface area contributed by atoms with Crippen LogP contribution < -0.4 is 9.64 Å². The van der Waals surface area contributed by atoms with Crippen molar-refractivity contribution in [3.8, 4) is 12.1 Å². The maximum atomic E-state index is 17.1. The molecule has 0 saturated carbocycles. The van der Waals surface area contributed by atoms with E-state index in [1.807, 2.05) is 42.8 Å². The van der Waals surface area contributed by atoms with E-state index in [0.29, 0.717) is 59.3 Å². The molecule has 1 unspecified atom stereocenters. The standard InChI is InChI=1S/C35H37F2N9O2/c1-21-19-25-31(30(37)29(21)27-11-10-23-7-5-15-39-34(23)45(27)20-38)40-35(48-22(2)26-8-6-16-43(26)3)32-33(25)46(42-41-32)24-12-17-44(18-13-24)28(47)9-4-14-36/h4-5,7,9-11,15,19,22,24,26-27H,6,8,12-14,16-18H2,1-3H3/b9-4+/t22-,26-,27?/m0/s1. The van der Waals surface area contributed by atoms with Crippen LogP contribution in [0, 0.1) is 24.2 Å². The number of halogens is 2. The van der Waals surface area contributed by atoms with E-state index in [2.05, 4.69) is 33.4 Å². The van der Waals surface area contributed by atoms with Crippen LogP contribution in [0.1, 0.15) is 61.4 Å². The van der Waals surface area contributed by atoms with Crippen LogP contribution in [0.25, 0.3) is 28.0 Å². The zero-order valence-corrected chi connectivity index (χ0v) is 27.2. The zero-order chi connectivity index (χ0) is 33.5. The number of rotatable bonds is 7. The van der Waals surface area contributed by atoms with Gasteiger partial charge in [-0.2, -0.15) is 5.26 Å². The lowest BCUT2D eigenvalue weighted by molar-refractivity contribution is -0.127. The molecule has 0 radical (unpaired) electrons. The Hall–Kier alpha value is -4.96. The number of likely N-dealkylation sites (N-methyl/N-ethyl adjacent to an activating group) is 1. The summed E-state index contributed by atoms with van der Waals surface area (Å²) in [6.07, 6.45) is 13.0. The third kappa shape index (κ3) is 5.43. The highest BCUT2D eigenvalue weighted by molar-refractivity contribution is 6.05. The van der Waals surface area contributed by atoms with Crippen LogP contribution in [0.15, 0.2) is 42.6 Å². The summed E-state index contributed by atoms with van der Waals surface area (Å²) in [6, 6.07) is 4.86. The van der Waals surface area contributed by atoms with Crippen molar-refractivity contribution in [3.05, 3.63) is 65.1 Å². The normalized spacial score (nSPS) is 20.9. The molecule has 6 heterocycles. The number of amides is 1. The first-order chi connectivity index (χ1) is 23.3. The highest BCUT2D eigenvalue weighted by atomic mass is 19.1. The van der Waals surface area contributed by atoms with E-state index in [9.17, 15) is 14.4 Å². The second kappa shape index (κ2) is 12.9. The minimum absolute atomic E-state index is 0.107. The summed E-state index contributed by atoms with van der Waals surface area (Å²) in [6.45, 7) is 5.03. The van der Waals surface area contributed by atoms with Crippen LogP contribution in [0.2, 0.25) is 0 Å². The number of hydrogen-bond acceptors (Lipinski definition) is 9. The lowest BCUT2D eigenvalue weighted by Gasteiger charge is -2.32. The van der Waals surface area contributed by atoms with Crippen molar-refractivity contribution in [3.63, 3.8) is 0 Å². The molecule has 4 aromatic rings. The van der Waals surface area contributed by atoms with Gasteiger partial charge in [0, 0.05) is 47.9 Å². The van der Waals surface area contributed by atoms with Gasteiger partial charge in [0.15, 0.2) is 17.5 Å². The number of carbonyl (C=O) groups is 1. The highest BCUT2D eigenvalue weighted by Crippen LogP contribution is 2.41. The second-order valence-corrected chi connectivity index (χ2v) is 12.8. The molecule has 3 aliphatic heterocycles. The Morgan fingerprint density at radius 2 is 2.04 bits per heavy atom. The van der Waals surface area contributed by atoms with Crippen molar-refractivity contribution in [2.24, 2.45) is 0 Å². The summed E-state index contributed by atoms with van der Waals surface area (Å²) in [5.74, 6) is -0.111. The Bertz CT molecular complexity index is 1980. The quantitative estimate of drug-likeness (QED) is 0.190. The third-order valence-electron chi connectivity index (χ3n) is 9.92. The number of pyridine rings is 2. The Morgan fingerprint density at radius 3 is 2.77 bits per heavy atom. The van der Waals surface area contributed by atoms with Gasteiger partial charge >= 0.3 is 0 Å². The van der Waals surface area contributed by atoms with Gasteiger partial charge in [-0.15, -0.1) is 5.10 Å². The van der Waals surface area contributed by atoms with E-state index < -0.39 is 18.5 Å². The van der Waals surface area contributed by atoms with Crippen molar-refractivity contribution in [1.82, 2.24) is 34.8 Å². The first-order valence-electron chi connectivity index (χ1n) is 16.4. The van der Waals surface area contributed by atoms with Crippen molar-refractivity contribution < 1.29 is 18.3 Å². The molecule has 248 valence electrons. The Morgan fingerprint density at radius 1 is 1.23 bits per heavy atom. The van der Waals surface area contributed by atoms with Crippen LogP contribution in [-0.4, -0.2) is 86.2 Å². The number of nitriles is 1. The molecule has 1 aromatic carbocycles. The predicted molar refractivity (Wildman–Crippen MR) is 177 cm³/mol. The Balaban J connectivity index is 1.34. The summed E-state index contributed by atoms with van der Waals surface area (Å²) >= 11 is 0. The molecule has 0 N–H and O–H groups in total. The summed E-state index contributed by atoms with van der Waals surface area (Å²) in [5, 5.41) is 19.8. The number of piperidine rings is 1.